The van der Waals surface area contributed by atoms with Crippen molar-refractivity contribution in [2.75, 3.05) is 6.61 Å². The van der Waals surface area contributed by atoms with Crippen molar-refractivity contribution in [3.63, 3.8) is 0 Å². The number of benzene rings is 1. The van der Waals surface area contributed by atoms with Crippen molar-refractivity contribution in [1.82, 2.24) is 0 Å². The molecule has 104 valence electrons. The van der Waals surface area contributed by atoms with Crippen LogP contribution in [0.1, 0.15) is 27.2 Å². The predicted octanol–water partition coefficient (Wildman–Crippen LogP) is 3.39. The maximum Gasteiger partial charge on any atom is 0.186 e. The third-order valence-corrected chi connectivity index (χ3v) is 2.85. The van der Waals surface area contributed by atoms with Crippen molar-refractivity contribution >= 4 is 5.78 Å². The Balaban J connectivity index is 2.33. The molecule has 0 aliphatic carbocycles. The first kappa shape index (κ1) is 15.4. The topological polar surface area (TPSA) is 35.5 Å². The Hall–Kier alpha value is -1.61. The summed E-state index contributed by atoms with van der Waals surface area (Å²) in [5, 5.41) is 0. The average Bonchev–Trinajstić information content (AvgIpc) is 2.38. The Morgan fingerprint density at radius 1 is 1.37 bits per heavy atom. The molecule has 0 aliphatic heterocycles. The van der Waals surface area contributed by atoms with E-state index >= 15 is 0 Å². The van der Waals surface area contributed by atoms with E-state index in [2.05, 4.69) is 6.58 Å². The third-order valence-electron chi connectivity index (χ3n) is 2.85. The van der Waals surface area contributed by atoms with Crippen LogP contribution in [0.3, 0.4) is 0 Å². The highest BCUT2D eigenvalue weighted by molar-refractivity contribution is 5.95. The predicted molar refractivity (Wildman–Crippen MR) is 76.4 cm³/mol. The minimum absolute atomic E-state index is 0.0389. The van der Waals surface area contributed by atoms with Crippen molar-refractivity contribution < 1.29 is 14.3 Å². The Morgan fingerprint density at radius 3 is 2.58 bits per heavy atom. The summed E-state index contributed by atoms with van der Waals surface area (Å²) in [5.41, 5.74) is -0.811. The van der Waals surface area contributed by atoms with E-state index in [1.165, 1.54) is 6.08 Å². The quantitative estimate of drug-likeness (QED) is 0.674. The van der Waals surface area contributed by atoms with E-state index in [1.807, 2.05) is 37.3 Å². The van der Waals surface area contributed by atoms with E-state index in [1.54, 1.807) is 13.8 Å². The molecule has 0 spiro atoms. The van der Waals surface area contributed by atoms with Gasteiger partial charge in [0, 0.05) is 6.42 Å². The van der Waals surface area contributed by atoms with Crippen LogP contribution in [0.25, 0.3) is 0 Å². The van der Waals surface area contributed by atoms with Crippen LogP contribution in [0.15, 0.2) is 43.0 Å². The summed E-state index contributed by atoms with van der Waals surface area (Å²) in [6.45, 7) is 9.43. The zero-order valence-corrected chi connectivity index (χ0v) is 11.9. The van der Waals surface area contributed by atoms with E-state index in [0.29, 0.717) is 6.61 Å². The Bertz CT molecular complexity index is 409. The van der Waals surface area contributed by atoms with Crippen molar-refractivity contribution in [3.05, 3.63) is 43.0 Å². The van der Waals surface area contributed by atoms with Gasteiger partial charge in [-0.25, -0.2) is 0 Å². The fourth-order valence-corrected chi connectivity index (χ4v) is 1.59. The van der Waals surface area contributed by atoms with Crippen LogP contribution in [-0.2, 0) is 9.53 Å². The van der Waals surface area contributed by atoms with Gasteiger partial charge in [0.1, 0.15) is 11.4 Å². The lowest BCUT2D eigenvalue weighted by Gasteiger charge is -2.23. The highest BCUT2D eigenvalue weighted by Gasteiger charge is 2.25. The molecular formula is C16H22O3. The molecule has 0 heterocycles. The molecule has 0 bridgehead atoms. The number of carbonyl (C=O) groups excluding carboxylic acids is 1. The monoisotopic (exact) mass is 262 g/mol. The zero-order chi connectivity index (χ0) is 14.3. The van der Waals surface area contributed by atoms with E-state index in [9.17, 15) is 4.79 Å². The second kappa shape index (κ2) is 7.10. The molecule has 0 fully saturated rings. The Morgan fingerprint density at radius 2 is 2.00 bits per heavy atom. The minimum atomic E-state index is -0.811. The summed E-state index contributed by atoms with van der Waals surface area (Å²) in [4.78, 5) is 11.5. The SMILES string of the molecule is C=CC(=O)C(C)(C)OCCC(C)Oc1ccccc1. The van der Waals surface area contributed by atoms with Crippen LogP contribution >= 0.6 is 0 Å². The Labute approximate surface area is 115 Å². The van der Waals surface area contributed by atoms with Crippen molar-refractivity contribution in [2.24, 2.45) is 0 Å². The number of para-hydroxylation sites is 1. The maximum absolute atomic E-state index is 11.5. The molecular weight excluding hydrogens is 240 g/mol. The van der Waals surface area contributed by atoms with Crippen LogP contribution in [0.2, 0.25) is 0 Å². The van der Waals surface area contributed by atoms with Crippen LogP contribution in [0.5, 0.6) is 5.75 Å². The molecule has 0 N–H and O–H groups in total. The second-order valence-corrected chi connectivity index (χ2v) is 4.96. The van der Waals surface area contributed by atoms with Gasteiger partial charge in [-0.15, -0.1) is 0 Å². The number of ketones is 1. The van der Waals surface area contributed by atoms with Gasteiger partial charge in [0.05, 0.1) is 12.7 Å². The van der Waals surface area contributed by atoms with Crippen LogP contribution in [0, 0.1) is 0 Å². The van der Waals surface area contributed by atoms with Gasteiger partial charge in [0.15, 0.2) is 5.78 Å². The summed E-state index contributed by atoms with van der Waals surface area (Å²) >= 11 is 0. The van der Waals surface area contributed by atoms with E-state index in [0.717, 1.165) is 12.2 Å². The third kappa shape index (κ3) is 5.26. The fourth-order valence-electron chi connectivity index (χ4n) is 1.59. The van der Waals surface area contributed by atoms with Crippen molar-refractivity contribution in [2.45, 2.75) is 38.9 Å². The Kier molecular flexibility index (Phi) is 5.77. The highest BCUT2D eigenvalue weighted by atomic mass is 16.5. The summed E-state index contributed by atoms with van der Waals surface area (Å²) in [7, 11) is 0. The molecule has 19 heavy (non-hydrogen) atoms. The molecule has 1 aromatic rings. The number of hydrogen-bond acceptors (Lipinski definition) is 3. The van der Waals surface area contributed by atoms with Gasteiger partial charge >= 0.3 is 0 Å². The first-order valence-electron chi connectivity index (χ1n) is 6.48. The molecule has 1 aromatic carbocycles. The summed E-state index contributed by atoms with van der Waals surface area (Å²) in [6, 6.07) is 9.66. The van der Waals surface area contributed by atoms with Gasteiger partial charge in [-0.3, -0.25) is 4.79 Å². The van der Waals surface area contributed by atoms with E-state index in [-0.39, 0.29) is 11.9 Å². The minimum Gasteiger partial charge on any atom is -0.491 e. The summed E-state index contributed by atoms with van der Waals surface area (Å²) < 4.78 is 11.3. The smallest absolute Gasteiger partial charge is 0.186 e. The second-order valence-electron chi connectivity index (χ2n) is 4.96. The van der Waals surface area contributed by atoms with Gasteiger partial charge in [0.25, 0.3) is 0 Å². The van der Waals surface area contributed by atoms with Crippen LogP contribution in [0.4, 0.5) is 0 Å². The number of ether oxygens (including phenoxy) is 2. The van der Waals surface area contributed by atoms with Crippen LogP contribution < -0.4 is 4.74 Å². The highest BCUT2D eigenvalue weighted by Crippen LogP contribution is 2.15. The van der Waals surface area contributed by atoms with Gasteiger partial charge in [-0.05, 0) is 39.0 Å². The van der Waals surface area contributed by atoms with Gasteiger partial charge in [-0.2, -0.15) is 0 Å². The molecule has 0 saturated carbocycles. The summed E-state index contributed by atoms with van der Waals surface area (Å²) in [5.74, 6) is 0.737. The first-order valence-corrected chi connectivity index (χ1v) is 6.48. The number of carbonyl (C=O) groups is 1. The van der Waals surface area contributed by atoms with Gasteiger partial charge in [0.2, 0.25) is 0 Å². The van der Waals surface area contributed by atoms with E-state index in [4.69, 9.17) is 9.47 Å². The zero-order valence-electron chi connectivity index (χ0n) is 11.9. The normalized spacial score (nSPS) is 12.8. The van der Waals surface area contributed by atoms with E-state index < -0.39 is 5.60 Å². The largest absolute Gasteiger partial charge is 0.491 e. The first-order chi connectivity index (χ1) is 8.95. The van der Waals surface area contributed by atoms with Crippen molar-refractivity contribution in [3.8, 4) is 5.75 Å². The lowest BCUT2D eigenvalue weighted by atomic mass is 10.0. The molecule has 0 aromatic heterocycles. The van der Waals surface area contributed by atoms with Crippen molar-refractivity contribution in [1.29, 1.82) is 0 Å². The molecule has 1 unspecified atom stereocenters. The van der Waals surface area contributed by atoms with Gasteiger partial charge in [-0.1, -0.05) is 24.8 Å². The van der Waals surface area contributed by atoms with Gasteiger partial charge < -0.3 is 9.47 Å². The lowest BCUT2D eigenvalue weighted by Crippen LogP contribution is -2.34. The molecule has 0 aliphatic rings. The molecule has 0 amide bonds. The molecule has 1 rings (SSSR count). The molecule has 0 radical (unpaired) electrons. The lowest BCUT2D eigenvalue weighted by molar-refractivity contribution is -0.135. The molecule has 0 saturated heterocycles. The average molecular weight is 262 g/mol. The van der Waals surface area contributed by atoms with Crippen LogP contribution in [-0.4, -0.2) is 24.1 Å². The summed E-state index contributed by atoms with van der Waals surface area (Å²) in [6.07, 6.45) is 2.06. The molecule has 3 nitrogen and oxygen atoms in total. The number of hydrogen-bond donors (Lipinski definition) is 0. The maximum atomic E-state index is 11.5. The molecule has 1 atom stereocenters. The number of rotatable bonds is 8. The fraction of sp³-hybridized carbons (Fsp3) is 0.438. The standard InChI is InChI=1S/C16H22O3/c1-5-15(17)16(3,4)18-12-11-13(2)19-14-9-7-6-8-10-14/h5-10,13H,1,11-12H2,2-4H3. The molecule has 3 heteroatoms.